The molecule has 0 radical (unpaired) electrons. The Bertz CT molecular complexity index is 806. The van der Waals surface area contributed by atoms with Gasteiger partial charge < -0.3 is 10.2 Å². The number of ketones is 2. The van der Waals surface area contributed by atoms with Crippen LogP contribution in [0, 0.1) is 28.6 Å². The van der Waals surface area contributed by atoms with E-state index in [9.17, 15) is 19.8 Å². The van der Waals surface area contributed by atoms with Gasteiger partial charge in [0.05, 0.1) is 16.9 Å². The van der Waals surface area contributed by atoms with Crippen molar-refractivity contribution in [3.8, 4) is 0 Å². The van der Waals surface area contributed by atoms with Crippen molar-refractivity contribution in [1.82, 2.24) is 0 Å². The van der Waals surface area contributed by atoms with Gasteiger partial charge in [0.25, 0.3) is 0 Å². The molecular formula is C22H28Cl2O4. The summed E-state index contributed by atoms with van der Waals surface area (Å²) in [6, 6.07) is 0. The predicted octanol–water partition coefficient (Wildman–Crippen LogP) is 3.41. The Morgan fingerprint density at radius 1 is 1.32 bits per heavy atom. The number of Topliss-reactive ketones (excluding diaryl/α,β-unsaturated/α-hetero) is 1. The number of aliphatic hydroxyl groups excluding tert-OH is 1. The van der Waals surface area contributed by atoms with Gasteiger partial charge in [0.15, 0.2) is 11.6 Å². The second-order valence-corrected chi connectivity index (χ2v) is 10.6. The largest absolute Gasteiger partial charge is 0.391 e. The van der Waals surface area contributed by atoms with Crippen molar-refractivity contribution >= 4 is 34.8 Å². The number of aliphatic hydroxyl groups is 2. The average molecular weight is 427 g/mol. The normalized spacial score (nSPS) is 52.5. The standard InChI is InChI=1S/C22H28Cl2O4/c1-12-8-16-15-5-4-13-9-14(25)6-7-19(13,2)21(15,24)17(26)10-20(16,3)22(12,28)18(27)11-23/h6-7,9,12,15-17,26,28H,4-5,8,10-11H2,1-3H3/t12-,15-,16-,17-,19-,20-,21-,22-/m0/s1. The molecule has 0 heterocycles. The molecule has 4 rings (SSSR count). The monoisotopic (exact) mass is 426 g/mol. The highest BCUT2D eigenvalue weighted by Gasteiger charge is 2.74. The Morgan fingerprint density at radius 3 is 2.64 bits per heavy atom. The number of allylic oxidation sites excluding steroid dienone is 4. The number of fused-ring (bicyclic) bond motifs is 5. The first kappa shape index (κ1) is 20.6. The second kappa shape index (κ2) is 6.16. The molecule has 3 fully saturated rings. The van der Waals surface area contributed by atoms with Crippen molar-refractivity contribution in [2.24, 2.45) is 28.6 Å². The number of carbonyl (C=O) groups is 2. The lowest BCUT2D eigenvalue weighted by molar-refractivity contribution is -0.175. The Balaban J connectivity index is 1.84. The number of hydrogen-bond donors (Lipinski definition) is 2. The molecule has 4 nitrogen and oxygen atoms in total. The molecule has 4 aliphatic rings. The predicted molar refractivity (Wildman–Crippen MR) is 108 cm³/mol. The van der Waals surface area contributed by atoms with E-state index in [1.807, 2.05) is 26.8 Å². The van der Waals surface area contributed by atoms with Gasteiger partial charge in [-0.15, -0.1) is 23.2 Å². The molecule has 0 amide bonds. The number of halogens is 2. The first-order chi connectivity index (χ1) is 13.0. The minimum atomic E-state index is -1.56. The van der Waals surface area contributed by atoms with E-state index in [-0.39, 0.29) is 41.6 Å². The molecule has 0 bridgehead atoms. The third-order valence-electron chi connectivity index (χ3n) is 8.77. The van der Waals surface area contributed by atoms with Crippen LogP contribution in [0.1, 0.15) is 46.5 Å². The molecule has 28 heavy (non-hydrogen) atoms. The highest BCUT2D eigenvalue weighted by molar-refractivity contribution is 6.29. The first-order valence-electron chi connectivity index (χ1n) is 10.1. The van der Waals surface area contributed by atoms with Crippen LogP contribution in [0.5, 0.6) is 0 Å². The van der Waals surface area contributed by atoms with Crippen LogP contribution >= 0.6 is 23.2 Å². The summed E-state index contributed by atoms with van der Waals surface area (Å²) in [6.45, 7) is 5.81. The molecule has 0 aliphatic heterocycles. The highest BCUT2D eigenvalue weighted by atomic mass is 35.5. The fraction of sp³-hybridized carbons (Fsp3) is 0.727. The minimum absolute atomic E-state index is 0.00929. The van der Waals surface area contributed by atoms with E-state index in [0.29, 0.717) is 6.42 Å². The van der Waals surface area contributed by atoms with Gasteiger partial charge in [0.2, 0.25) is 0 Å². The lowest BCUT2D eigenvalue weighted by Gasteiger charge is -2.63. The van der Waals surface area contributed by atoms with Crippen LogP contribution in [0.3, 0.4) is 0 Å². The summed E-state index contributed by atoms with van der Waals surface area (Å²) in [6.07, 6.45) is 6.47. The Labute approximate surface area is 176 Å². The van der Waals surface area contributed by atoms with Crippen LogP contribution in [0.2, 0.25) is 0 Å². The van der Waals surface area contributed by atoms with Crippen molar-refractivity contribution in [3.05, 3.63) is 23.8 Å². The molecule has 0 aromatic rings. The maximum atomic E-state index is 12.7. The van der Waals surface area contributed by atoms with E-state index in [1.54, 1.807) is 12.2 Å². The maximum Gasteiger partial charge on any atom is 0.179 e. The van der Waals surface area contributed by atoms with Gasteiger partial charge >= 0.3 is 0 Å². The van der Waals surface area contributed by atoms with Gasteiger partial charge in [0, 0.05) is 10.8 Å². The Kier molecular flexibility index (Phi) is 4.53. The highest BCUT2D eigenvalue weighted by Crippen LogP contribution is 2.71. The van der Waals surface area contributed by atoms with Gasteiger partial charge in [-0.3, -0.25) is 9.59 Å². The van der Waals surface area contributed by atoms with Crippen molar-refractivity contribution in [2.75, 3.05) is 5.88 Å². The third-order valence-corrected chi connectivity index (χ3v) is 9.94. The lowest BCUT2D eigenvalue weighted by Crippen LogP contribution is -2.68. The van der Waals surface area contributed by atoms with Crippen LogP contribution in [-0.2, 0) is 9.59 Å². The van der Waals surface area contributed by atoms with Crippen LogP contribution in [0.15, 0.2) is 23.8 Å². The SMILES string of the molecule is C[C@H]1C[C@H]2[C@@H]3CCC4=CC(=O)C=C[C@]4(C)[C@@]3(Cl)[C@@H](O)C[C@]2(C)[C@@]1(O)C(=O)CCl. The summed E-state index contributed by atoms with van der Waals surface area (Å²) < 4.78 is 0. The molecule has 2 N–H and O–H groups in total. The van der Waals surface area contributed by atoms with Crippen LogP contribution in [0.25, 0.3) is 0 Å². The number of rotatable bonds is 2. The van der Waals surface area contributed by atoms with Gasteiger partial charge in [-0.1, -0.05) is 32.4 Å². The molecular weight excluding hydrogens is 399 g/mol. The fourth-order valence-electron chi connectivity index (χ4n) is 7.24. The number of hydrogen-bond acceptors (Lipinski definition) is 4. The number of carbonyl (C=O) groups excluding carboxylic acids is 2. The van der Waals surface area contributed by atoms with Gasteiger partial charge in [-0.05, 0) is 55.6 Å². The topological polar surface area (TPSA) is 74.6 Å². The Morgan fingerprint density at radius 2 is 2.00 bits per heavy atom. The van der Waals surface area contributed by atoms with E-state index in [1.165, 1.54) is 0 Å². The van der Waals surface area contributed by atoms with Gasteiger partial charge in [0.1, 0.15) is 5.60 Å². The molecule has 154 valence electrons. The Hall–Kier alpha value is -0.680. The van der Waals surface area contributed by atoms with E-state index in [0.717, 1.165) is 18.4 Å². The zero-order valence-electron chi connectivity index (χ0n) is 16.5. The third kappa shape index (κ3) is 2.16. The molecule has 0 saturated heterocycles. The lowest BCUT2D eigenvalue weighted by atomic mass is 9.45. The molecule has 0 unspecified atom stereocenters. The van der Waals surface area contributed by atoms with Gasteiger partial charge in [-0.2, -0.15) is 0 Å². The molecule has 4 aliphatic carbocycles. The summed E-state index contributed by atoms with van der Waals surface area (Å²) in [7, 11) is 0. The molecule has 0 aromatic heterocycles. The molecule has 0 spiro atoms. The summed E-state index contributed by atoms with van der Waals surface area (Å²) in [5.74, 6) is -1.00. The molecule has 3 saturated carbocycles. The van der Waals surface area contributed by atoms with Crippen molar-refractivity contribution in [2.45, 2.75) is 63.0 Å². The summed E-state index contributed by atoms with van der Waals surface area (Å²) >= 11 is 13.2. The number of alkyl halides is 2. The van der Waals surface area contributed by atoms with Crippen molar-refractivity contribution in [3.63, 3.8) is 0 Å². The fourth-order valence-corrected chi connectivity index (χ4v) is 7.97. The molecule has 8 atom stereocenters. The van der Waals surface area contributed by atoms with Crippen LogP contribution in [0.4, 0.5) is 0 Å². The summed E-state index contributed by atoms with van der Waals surface area (Å²) in [5.41, 5.74) is -2.01. The molecule has 6 heteroatoms. The van der Waals surface area contributed by atoms with E-state index in [2.05, 4.69) is 0 Å². The average Bonchev–Trinajstić information content (AvgIpc) is 2.84. The summed E-state index contributed by atoms with van der Waals surface area (Å²) in [4.78, 5) is 23.7. The van der Waals surface area contributed by atoms with E-state index >= 15 is 0 Å². The van der Waals surface area contributed by atoms with Gasteiger partial charge in [-0.25, -0.2) is 0 Å². The van der Waals surface area contributed by atoms with Crippen LogP contribution in [-0.4, -0.2) is 44.2 Å². The zero-order chi connectivity index (χ0) is 20.7. The minimum Gasteiger partial charge on any atom is -0.391 e. The van der Waals surface area contributed by atoms with Crippen molar-refractivity contribution in [1.29, 1.82) is 0 Å². The second-order valence-electron chi connectivity index (χ2n) is 9.72. The van der Waals surface area contributed by atoms with E-state index < -0.39 is 27.4 Å². The van der Waals surface area contributed by atoms with E-state index in [4.69, 9.17) is 23.2 Å². The quantitative estimate of drug-likeness (QED) is 0.663. The van der Waals surface area contributed by atoms with Crippen LogP contribution < -0.4 is 0 Å². The first-order valence-corrected chi connectivity index (χ1v) is 11.0. The smallest absolute Gasteiger partial charge is 0.179 e. The molecule has 0 aromatic carbocycles. The maximum absolute atomic E-state index is 12.7. The van der Waals surface area contributed by atoms with Crippen molar-refractivity contribution < 1.29 is 19.8 Å². The zero-order valence-corrected chi connectivity index (χ0v) is 18.1. The summed E-state index contributed by atoms with van der Waals surface area (Å²) in [5, 5.41) is 22.9.